The van der Waals surface area contributed by atoms with E-state index in [1.54, 1.807) is 13.8 Å². The van der Waals surface area contributed by atoms with Gasteiger partial charge in [0.15, 0.2) is 0 Å². The van der Waals surface area contributed by atoms with Gasteiger partial charge in [0.05, 0.1) is 23.9 Å². The van der Waals surface area contributed by atoms with Gasteiger partial charge in [0.25, 0.3) is 0 Å². The van der Waals surface area contributed by atoms with Crippen molar-refractivity contribution in [1.82, 2.24) is 0 Å². The molecule has 0 saturated carbocycles. The summed E-state index contributed by atoms with van der Waals surface area (Å²) < 4.78 is 0. The molecule has 0 aliphatic heterocycles. The fourth-order valence-electron chi connectivity index (χ4n) is 1.48. The molecular weight excluding hydrogens is 170 g/mol. The average molecular weight is 191 g/mol. The maximum Gasteiger partial charge on any atom is 0.0743 e. The molecule has 13 heavy (non-hydrogen) atoms. The zero-order chi connectivity index (χ0) is 10.6. The summed E-state index contributed by atoms with van der Waals surface area (Å²) in [5.74, 6) is 0. The van der Waals surface area contributed by atoms with Crippen molar-refractivity contribution in [2.45, 2.75) is 57.5 Å². The molecule has 0 amide bonds. The smallest absolute Gasteiger partial charge is 0.0743 e. The maximum absolute atomic E-state index is 9.60. The van der Waals surface area contributed by atoms with Crippen molar-refractivity contribution >= 4 is 0 Å². The first kappa shape index (κ1) is 12.8. The minimum absolute atomic E-state index is 0.194. The van der Waals surface area contributed by atoms with Crippen LogP contribution in [-0.4, -0.2) is 39.2 Å². The molecule has 0 aromatic rings. The van der Waals surface area contributed by atoms with Crippen LogP contribution in [0.1, 0.15) is 33.6 Å². The predicted molar refractivity (Wildman–Crippen MR) is 51.2 cm³/mol. The molecule has 4 heteroatoms. The lowest BCUT2D eigenvalue weighted by atomic mass is 9.82. The molecule has 80 valence electrons. The van der Waals surface area contributed by atoms with Gasteiger partial charge >= 0.3 is 0 Å². The summed E-state index contributed by atoms with van der Waals surface area (Å²) in [6.07, 6.45) is -1.59. The topological polar surface area (TPSA) is 86.7 Å². The quantitative estimate of drug-likeness (QED) is 0.476. The van der Waals surface area contributed by atoms with Gasteiger partial charge in [-0.15, -0.1) is 0 Å². The highest BCUT2D eigenvalue weighted by Crippen LogP contribution is 2.21. The molecule has 5 N–H and O–H groups in total. The van der Waals surface area contributed by atoms with E-state index >= 15 is 0 Å². The van der Waals surface area contributed by atoms with E-state index in [1.165, 1.54) is 6.92 Å². The number of rotatable bonds is 5. The predicted octanol–water partition coefficient (Wildman–Crippen LogP) is -0.393. The molecule has 0 aliphatic rings. The number of aliphatic hydroxyl groups excluding tert-OH is 3. The van der Waals surface area contributed by atoms with E-state index in [0.29, 0.717) is 6.42 Å². The lowest BCUT2D eigenvalue weighted by Crippen LogP contribution is -2.59. The van der Waals surface area contributed by atoms with E-state index in [2.05, 4.69) is 0 Å². The molecule has 0 spiro atoms. The van der Waals surface area contributed by atoms with Gasteiger partial charge in [-0.2, -0.15) is 0 Å². The molecule has 4 nitrogen and oxygen atoms in total. The van der Waals surface area contributed by atoms with Crippen LogP contribution in [0.2, 0.25) is 0 Å². The molecule has 0 aromatic carbocycles. The molecule has 0 bridgehead atoms. The molecular formula is C9H21NO3. The van der Waals surface area contributed by atoms with Crippen molar-refractivity contribution in [3.05, 3.63) is 0 Å². The number of hydrogen-bond donors (Lipinski definition) is 4. The van der Waals surface area contributed by atoms with Crippen LogP contribution in [0.25, 0.3) is 0 Å². The minimum Gasteiger partial charge on any atom is -0.393 e. The summed E-state index contributed by atoms with van der Waals surface area (Å²) in [5.41, 5.74) is 4.73. The van der Waals surface area contributed by atoms with Crippen LogP contribution in [0, 0.1) is 0 Å². The Morgan fingerprint density at radius 3 is 1.92 bits per heavy atom. The Hall–Kier alpha value is -0.160. The van der Waals surface area contributed by atoms with E-state index in [9.17, 15) is 15.3 Å². The van der Waals surface area contributed by atoms with Gasteiger partial charge in [0.1, 0.15) is 0 Å². The summed E-state index contributed by atoms with van der Waals surface area (Å²) in [6.45, 7) is 4.91. The van der Waals surface area contributed by atoms with Crippen molar-refractivity contribution in [3.63, 3.8) is 0 Å². The van der Waals surface area contributed by atoms with E-state index in [-0.39, 0.29) is 6.42 Å². The third-order valence-corrected chi connectivity index (χ3v) is 2.43. The molecule has 4 atom stereocenters. The zero-order valence-corrected chi connectivity index (χ0v) is 8.57. The van der Waals surface area contributed by atoms with E-state index in [1.807, 2.05) is 0 Å². The van der Waals surface area contributed by atoms with Gasteiger partial charge in [0.2, 0.25) is 0 Å². The normalized spacial score (nSPS) is 23.3. The van der Waals surface area contributed by atoms with Crippen molar-refractivity contribution < 1.29 is 15.3 Å². The SMILES string of the molecule is CCC(O)C(N)(CC(C)O)C(C)O. The first-order valence-electron chi connectivity index (χ1n) is 4.67. The Morgan fingerprint density at radius 2 is 1.69 bits per heavy atom. The van der Waals surface area contributed by atoms with Crippen molar-refractivity contribution in [2.75, 3.05) is 0 Å². The Kier molecular flexibility index (Phi) is 4.85. The lowest BCUT2D eigenvalue weighted by Gasteiger charge is -2.37. The van der Waals surface area contributed by atoms with Crippen molar-refractivity contribution in [2.24, 2.45) is 5.73 Å². The van der Waals surface area contributed by atoms with Crippen LogP contribution in [0.4, 0.5) is 0 Å². The second-order valence-electron chi connectivity index (χ2n) is 3.77. The minimum atomic E-state index is -1.11. The fourth-order valence-corrected chi connectivity index (χ4v) is 1.48. The second kappa shape index (κ2) is 4.91. The molecule has 0 saturated heterocycles. The molecule has 0 heterocycles. The molecule has 0 rings (SSSR count). The maximum atomic E-state index is 9.60. The molecule has 0 aliphatic carbocycles. The Morgan fingerprint density at radius 1 is 1.23 bits per heavy atom. The fraction of sp³-hybridized carbons (Fsp3) is 1.00. The van der Waals surface area contributed by atoms with Crippen LogP contribution < -0.4 is 5.73 Å². The monoisotopic (exact) mass is 191 g/mol. The van der Waals surface area contributed by atoms with Crippen LogP contribution in [0.15, 0.2) is 0 Å². The van der Waals surface area contributed by atoms with E-state index < -0.39 is 23.9 Å². The van der Waals surface area contributed by atoms with Gasteiger partial charge in [-0.05, 0) is 26.7 Å². The Labute approximate surface area is 79.4 Å². The standard InChI is InChI=1S/C9H21NO3/c1-4-8(13)9(10,7(3)12)5-6(2)11/h6-8,11-13H,4-5,10H2,1-3H3. The van der Waals surface area contributed by atoms with E-state index in [0.717, 1.165) is 0 Å². The van der Waals surface area contributed by atoms with Gasteiger partial charge in [-0.25, -0.2) is 0 Å². The lowest BCUT2D eigenvalue weighted by molar-refractivity contribution is -0.0278. The highest BCUT2D eigenvalue weighted by Gasteiger charge is 2.38. The van der Waals surface area contributed by atoms with Crippen LogP contribution >= 0.6 is 0 Å². The zero-order valence-electron chi connectivity index (χ0n) is 8.57. The van der Waals surface area contributed by atoms with E-state index in [4.69, 9.17) is 5.73 Å². The number of hydrogen-bond acceptors (Lipinski definition) is 4. The third-order valence-electron chi connectivity index (χ3n) is 2.43. The highest BCUT2D eigenvalue weighted by molar-refractivity contribution is 4.96. The first-order valence-corrected chi connectivity index (χ1v) is 4.67. The Balaban J connectivity index is 4.52. The summed E-state index contributed by atoms with van der Waals surface area (Å²) in [7, 11) is 0. The van der Waals surface area contributed by atoms with Crippen molar-refractivity contribution in [1.29, 1.82) is 0 Å². The highest BCUT2D eigenvalue weighted by atomic mass is 16.3. The summed E-state index contributed by atoms with van der Waals surface area (Å²) in [4.78, 5) is 0. The van der Waals surface area contributed by atoms with Gasteiger partial charge in [0, 0.05) is 0 Å². The molecule has 4 unspecified atom stereocenters. The van der Waals surface area contributed by atoms with Crippen LogP contribution in [0.5, 0.6) is 0 Å². The number of aliphatic hydroxyl groups is 3. The van der Waals surface area contributed by atoms with Crippen LogP contribution in [0.3, 0.4) is 0 Å². The summed E-state index contributed by atoms with van der Waals surface area (Å²) in [6, 6.07) is 0. The summed E-state index contributed by atoms with van der Waals surface area (Å²) >= 11 is 0. The van der Waals surface area contributed by atoms with Gasteiger partial charge < -0.3 is 21.1 Å². The molecule has 0 fully saturated rings. The Bertz CT molecular complexity index is 150. The largest absolute Gasteiger partial charge is 0.393 e. The third kappa shape index (κ3) is 3.23. The van der Waals surface area contributed by atoms with Gasteiger partial charge in [-0.3, -0.25) is 0 Å². The molecule has 0 radical (unpaired) electrons. The second-order valence-corrected chi connectivity index (χ2v) is 3.77. The van der Waals surface area contributed by atoms with Crippen LogP contribution in [-0.2, 0) is 0 Å². The first-order chi connectivity index (χ1) is 5.84. The number of nitrogens with two attached hydrogens (primary N) is 1. The average Bonchev–Trinajstić information content (AvgIpc) is 2.01. The molecule has 0 aromatic heterocycles. The van der Waals surface area contributed by atoms with Crippen molar-refractivity contribution in [3.8, 4) is 0 Å². The summed E-state index contributed by atoms with van der Waals surface area (Å²) in [5, 5.41) is 28.2. The van der Waals surface area contributed by atoms with Gasteiger partial charge in [-0.1, -0.05) is 6.92 Å².